The summed E-state index contributed by atoms with van der Waals surface area (Å²) < 4.78 is 25.7. The number of benzene rings is 1. The molecule has 0 aliphatic heterocycles. The quantitative estimate of drug-likeness (QED) is 0.778. The van der Waals surface area contributed by atoms with Gasteiger partial charge in [-0.1, -0.05) is 13.8 Å². The third-order valence-corrected chi connectivity index (χ3v) is 2.49. The highest BCUT2D eigenvalue weighted by molar-refractivity contribution is 5.92. The summed E-state index contributed by atoms with van der Waals surface area (Å²) in [6.07, 6.45) is 0.264. The van der Waals surface area contributed by atoms with Crippen molar-refractivity contribution in [2.75, 3.05) is 5.32 Å². The lowest BCUT2D eigenvalue weighted by Gasteiger charge is -2.17. The summed E-state index contributed by atoms with van der Waals surface area (Å²) in [4.78, 5) is 22.6. The standard InChI is InChI=1S/C13H16F2N2O3/c1-7(2)5-11(12(18)19)17-13(20)16-8-3-4-9(14)10(15)6-8/h3-4,6-7,11H,5H2,1-2H3,(H,18,19)(H2,16,17,20)/t11-/m0/s1. The second-order valence-corrected chi connectivity index (χ2v) is 4.75. The van der Waals surface area contributed by atoms with Crippen LogP contribution in [0.5, 0.6) is 0 Å². The number of hydrogen-bond acceptors (Lipinski definition) is 2. The van der Waals surface area contributed by atoms with Crippen molar-refractivity contribution >= 4 is 17.7 Å². The minimum Gasteiger partial charge on any atom is -0.480 e. The van der Waals surface area contributed by atoms with E-state index in [1.807, 2.05) is 13.8 Å². The van der Waals surface area contributed by atoms with Gasteiger partial charge in [0.15, 0.2) is 11.6 Å². The zero-order valence-corrected chi connectivity index (χ0v) is 11.1. The van der Waals surface area contributed by atoms with E-state index in [1.165, 1.54) is 6.07 Å². The Morgan fingerprint density at radius 3 is 2.40 bits per heavy atom. The van der Waals surface area contributed by atoms with Gasteiger partial charge in [0.25, 0.3) is 0 Å². The van der Waals surface area contributed by atoms with Gasteiger partial charge in [-0.3, -0.25) is 0 Å². The smallest absolute Gasteiger partial charge is 0.326 e. The number of carbonyl (C=O) groups excluding carboxylic acids is 1. The zero-order chi connectivity index (χ0) is 15.3. The maximum Gasteiger partial charge on any atom is 0.326 e. The molecule has 0 fully saturated rings. The summed E-state index contributed by atoms with van der Waals surface area (Å²) >= 11 is 0. The highest BCUT2D eigenvalue weighted by atomic mass is 19.2. The molecule has 0 bridgehead atoms. The Balaban J connectivity index is 2.65. The normalized spacial score (nSPS) is 12.1. The van der Waals surface area contributed by atoms with E-state index in [4.69, 9.17) is 5.11 Å². The van der Waals surface area contributed by atoms with Crippen LogP contribution in [0.25, 0.3) is 0 Å². The Morgan fingerprint density at radius 1 is 1.25 bits per heavy atom. The Morgan fingerprint density at radius 2 is 1.90 bits per heavy atom. The Kier molecular flexibility index (Phi) is 5.42. The van der Waals surface area contributed by atoms with Gasteiger partial charge in [-0.25, -0.2) is 18.4 Å². The fourth-order valence-electron chi connectivity index (χ4n) is 1.59. The van der Waals surface area contributed by atoms with Crippen LogP contribution >= 0.6 is 0 Å². The van der Waals surface area contributed by atoms with Crippen molar-refractivity contribution < 1.29 is 23.5 Å². The molecule has 0 unspecified atom stereocenters. The highest BCUT2D eigenvalue weighted by Crippen LogP contribution is 2.13. The van der Waals surface area contributed by atoms with E-state index >= 15 is 0 Å². The number of carboxylic acid groups (broad SMARTS) is 1. The number of carboxylic acids is 1. The molecule has 3 N–H and O–H groups in total. The number of rotatable bonds is 5. The number of amides is 2. The first-order valence-corrected chi connectivity index (χ1v) is 6.05. The molecule has 1 aromatic rings. The molecule has 0 aromatic heterocycles. The molecule has 0 radical (unpaired) electrons. The largest absolute Gasteiger partial charge is 0.480 e. The predicted molar refractivity (Wildman–Crippen MR) is 69.4 cm³/mol. The summed E-state index contributed by atoms with van der Waals surface area (Å²) in [6, 6.07) is 1.03. The molecule has 0 aliphatic rings. The van der Waals surface area contributed by atoms with Crippen LogP contribution in [0.15, 0.2) is 18.2 Å². The molecule has 110 valence electrons. The third-order valence-electron chi connectivity index (χ3n) is 2.49. The SMILES string of the molecule is CC(C)C[C@H](NC(=O)Nc1ccc(F)c(F)c1)C(=O)O. The fourth-order valence-corrected chi connectivity index (χ4v) is 1.59. The van der Waals surface area contributed by atoms with Gasteiger partial charge in [0.2, 0.25) is 0 Å². The highest BCUT2D eigenvalue weighted by Gasteiger charge is 2.21. The molecule has 0 saturated heterocycles. The fraction of sp³-hybridized carbons (Fsp3) is 0.385. The summed E-state index contributed by atoms with van der Waals surface area (Å²) in [5.41, 5.74) is 0.0371. The summed E-state index contributed by atoms with van der Waals surface area (Å²) in [6.45, 7) is 3.65. The molecule has 1 aromatic carbocycles. The summed E-state index contributed by atoms with van der Waals surface area (Å²) in [5.74, 6) is -3.20. The summed E-state index contributed by atoms with van der Waals surface area (Å²) in [5, 5.41) is 13.5. The monoisotopic (exact) mass is 286 g/mol. The van der Waals surface area contributed by atoms with Crippen molar-refractivity contribution in [2.45, 2.75) is 26.3 Å². The lowest BCUT2D eigenvalue weighted by atomic mass is 10.0. The van der Waals surface area contributed by atoms with Gasteiger partial charge in [0.05, 0.1) is 0 Å². The Bertz CT molecular complexity index is 506. The molecule has 20 heavy (non-hydrogen) atoms. The van der Waals surface area contributed by atoms with Gasteiger partial charge in [-0.05, 0) is 24.5 Å². The van der Waals surface area contributed by atoms with Crippen molar-refractivity contribution in [3.63, 3.8) is 0 Å². The second-order valence-electron chi connectivity index (χ2n) is 4.75. The molecule has 0 heterocycles. The minimum atomic E-state index is -1.15. The number of hydrogen-bond donors (Lipinski definition) is 3. The van der Waals surface area contributed by atoms with E-state index < -0.39 is 29.7 Å². The molecule has 0 spiro atoms. The number of urea groups is 1. The maximum atomic E-state index is 13.0. The van der Waals surface area contributed by atoms with E-state index in [0.717, 1.165) is 12.1 Å². The van der Waals surface area contributed by atoms with E-state index in [9.17, 15) is 18.4 Å². The first-order chi connectivity index (χ1) is 9.29. The Labute approximate surface area is 115 Å². The van der Waals surface area contributed by atoms with E-state index in [2.05, 4.69) is 10.6 Å². The van der Waals surface area contributed by atoms with Crippen molar-refractivity contribution in [2.24, 2.45) is 5.92 Å². The van der Waals surface area contributed by atoms with Crippen LogP contribution in [0.3, 0.4) is 0 Å². The lowest BCUT2D eigenvalue weighted by molar-refractivity contribution is -0.139. The zero-order valence-electron chi connectivity index (χ0n) is 11.1. The van der Waals surface area contributed by atoms with Crippen LogP contribution in [0.2, 0.25) is 0 Å². The van der Waals surface area contributed by atoms with Gasteiger partial charge in [0.1, 0.15) is 6.04 Å². The molecule has 5 nitrogen and oxygen atoms in total. The molecule has 0 saturated carbocycles. The molecule has 2 amide bonds. The minimum absolute atomic E-state index is 0.0371. The van der Waals surface area contributed by atoms with Crippen molar-refractivity contribution in [1.82, 2.24) is 5.32 Å². The average molecular weight is 286 g/mol. The van der Waals surface area contributed by atoms with Gasteiger partial charge in [-0.2, -0.15) is 0 Å². The number of anilines is 1. The van der Waals surface area contributed by atoms with Crippen LogP contribution in [-0.4, -0.2) is 23.1 Å². The second kappa shape index (κ2) is 6.83. The lowest BCUT2D eigenvalue weighted by Crippen LogP contribution is -2.43. The molecular formula is C13H16F2N2O3. The maximum absolute atomic E-state index is 13.0. The molecule has 7 heteroatoms. The number of halogens is 2. The number of nitrogens with one attached hydrogen (secondary N) is 2. The van der Waals surface area contributed by atoms with Crippen molar-refractivity contribution in [3.05, 3.63) is 29.8 Å². The predicted octanol–water partition coefficient (Wildman–Crippen LogP) is 2.59. The average Bonchev–Trinajstić information content (AvgIpc) is 2.32. The van der Waals surface area contributed by atoms with Crippen LogP contribution in [0.4, 0.5) is 19.3 Å². The van der Waals surface area contributed by atoms with Crippen LogP contribution < -0.4 is 10.6 Å². The van der Waals surface area contributed by atoms with E-state index in [-0.39, 0.29) is 18.0 Å². The van der Waals surface area contributed by atoms with Gasteiger partial charge in [-0.15, -0.1) is 0 Å². The molecular weight excluding hydrogens is 270 g/mol. The number of aliphatic carboxylic acids is 1. The topological polar surface area (TPSA) is 78.4 Å². The number of carbonyl (C=O) groups is 2. The molecule has 1 atom stereocenters. The first kappa shape index (κ1) is 15.9. The summed E-state index contributed by atoms with van der Waals surface area (Å²) in [7, 11) is 0. The van der Waals surface area contributed by atoms with Crippen molar-refractivity contribution in [3.8, 4) is 0 Å². The van der Waals surface area contributed by atoms with Gasteiger partial charge < -0.3 is 15.7 Å². The van der Waals surface area contributed by atoms with Crippen molar-refractivity contribution in [1.29, 1.82) is 0 Å². The van der Waals surface area contributed by atoms with Crippen LogP contribution in [-0.2, 0) is 4.79 Å². The third kappa shape index (κ3) is 4.83. The van der Waals surface area contributed by atoms with Crippen LogP contribution in [0, 0.1) is 17.6 Å². The van der Waals surface area contributed by atoms with Gasteiger partial charge >= 0.3 is 12.0 Å². The van der Waals surface area contributed by atoms with E-state index in [0.29, 0.717) is 0 Å². The Hall–Kier alpha value is -2.18. The molecule has 1 rings (SSSR count). The van der Waals surface area contributed by atoms with Crippen LogP contribution in [0.1, 0.15) is 20.3 Å². The van der Waals surface area contributed by atoms with E-state index in [1.54, 1.807) is 0 Å². The molecule has 0 aliphatic carbocycles. The van der Waals surface area contributed by atoms with Gasteiger partial charge in [0, 0.05) is 11.8 Å². The first-order valence-electron chi connectivity index (χ1n) is 6.05.